The van der Waals surface area contributed by atoms with Crippen LogP contribution in [0.25, 0.3) is 0 Å². The van der Waals surface area contributed by atoms with Gasteiger partial charge in [-0.05, 0) is 74.7 Å². The SMILES string of the molecule is COc1ccc(CC(=O)N(CC(=O)N(CCc2ccc(OC)c(OC)c2)Cc2ccc(C)s2)C(C)C)cc1. The van der Waals surface area contributed by atoms with Crippen molar-refractivity contribution in [3.05, 3.63) is 75.5 Å². The van der Waals surface area contributed by atoms with Crippen molar-refractivity contribution in [1.29, 1.82) is 0 Å². The Labute approximate surface area is 229 Å². The number of nitrogens with zero attached hydrogens (tertiary/aromatic N) is 2. The number of ether oxygens (including phenoxy) is 3. The molecule has 0 aliphatic heterocycles. The highest BCUT2D eigenvalue weighted by atomic mass is 32.1. The molecule has 0 saturated heterocycles. The highest BCUT2D eigenvalue weighted by molar-refractivity contribution is 7.11. The van der Waals surface area contributed by atoms with Gasteiger partial charge in [-0.15, -0.1) is 11.3 Å². The van der Waals surface area contributed by atoms with E-state index in [1.165, 1.54) is 4.88 Å². The molecule has 0 fully saturated rings. The molecule has 1 heterocycles. The zero-order valence-corrected chi connectivity index (χ0v) is 24.0. The van der Waals surface area contributed by atoms with Gasteiger partial charge >= 0.3 is 0 Å². The van der Waals surface area contributed by atoms with Crippen molar-refractivity contribution in [2.24, 2.45) is 0 Å². The third-order valence-electron chi connectivity index (χ3n) is 6.38. The summed E-state index contributed by atoms with van der Waals surface area (Å²) in [6, 6.07) is 17.3. The maximum atomic E-state index is 13.6. The summed E-state index contributed by atoms with van der Waals surface area (Å²) in [5, 5.41) is 0. The molecule has 7 nitrogen and oxygen atoms in total. The van der Waals surface area contributed by atoms with Crippen LogP contribution in [-0.4, -0.2) is 62.1 Å². The lowest BCUT2D eigenvalue weighted by atomic mass is 10.1. The van der Waals surface area contributed by atoms with Crippen LogP contribution in [0.2, 0.25) is 0 Å². The highest BCUT2D eigenvalue weighted by Crippen LogP contribution is 2.28. The van der Waals surface area contributed by atoms with E-state index in [9.17, 15) is 9.59 Å². The lowest BCUT2D eigenvalue weighted by molar-refractivity contribution is -0.142. The molecule has 0 aliphatic carbocycles. The Bertz CT molecular complexity index is 1210. The molecule has 3 aromatic rings. The largest absolute Gasteiger partial charge is 0.497 e. The van der Waals surface area contributed by atoms with Gasteiger partial charge in [0.1, 0.15) is 5.75 Å². The van der Waals surface area contributed by atoms with Gasteiger partial charge in [-0.25, -0.2) is 0 Å². The molecular weight excluding hydrogens is 500 g/mol. The van der Waals surface area contributed by atoms with Gasteiger partial charge < -0.3 is 24.0 Å². The Morgan fingerprint density at radius 2 is 1.53 bits per heavy atom. The number of carbonyl (C=O) groups excluding carboxylic acids is 2. The average molecular weight is 539 g/mol. The normalized spacial score (nSPS) is 10.8. The van der Waals surface area contributed by atoms with Gasteiger partial charge in [0.05, 0.1) is 40.8 Å². The van der Waals surface area contributed by atoms with E-state index in [1.54, 1.807) is 37.6 Å². The summed E-state index contributed by atoms with van der Waals surface area (Å²) in [5.74, 6) is 1.91. The molecule has 3 rings (SSSR count). The lowest BCUT2D eigenvalue weighted by Crippen LogP contribution is -2.46. The third-order valence-corrected chi connectivity index (χ3v) is 7.36. The molecule has 8 heteroatoms. The van der Waals surface area contributed by atoms with Gasteiger partial charge in [-0.2, -0.15) is 0 Å². The van der Waals surface area contributed by atoms with Crippen molar-refractivity contribution in [3.8, 4) is 17.2 Å². The van der Waals surface area contributed by atoms with Crippen LogP contribution >= 0.6 is 11.3 Å². The van der Waals surface area contributed by atoms with Crippen LogP contribution in [0.15, 0.2) is 54.6 Å². The van der Waals surface area contributed by atoms with E-state index in [0.29, 0.717) is 31.0 Å². The highest BCUT2D eigenvalue weighted by Gasteiger charge is 2.24. The maximum absolute atomic E-state index is 13.6. The van der Waals surface area contributed by atoms with Crippen molar-refractivity contribution in [2.75, 3.05) is 34.4 Å². The van der Waals surface area contributed by atoms with Crippen LogP contribution in [0.4, 0.5) is 0 Å². The molecule has 2 amide bonds. The van der Waals surface area contributed by atoms with E-state index < -0.39 is 0 Å². The molecule has 2 aromatic carbocycles. The minimum absolute atomic E-state index is 0.0307. The second-order valence-corrected chi connectivity index (χ2v) is 10.8. The molecular formula is C30H38N2O5S. The van der Waals surface area contributed by atoms with Gasteiger partial charge in [-0.3, -0.25) is 9.59 Å². The molecule has 0 radical (unpaired) electrons. The van der Waals surface area contributed by atoms with Crippen LogP contribution in [-0.2, 0) is 29.0 Å². The smallest absolute Gasteiger partial charge is 0.242 e. The molecule has 204 valence electrons. The summed E-state index contributed by atoms with van der Waals surface area (Å²) in [5.41, 5.74) is 1.92. The summed E-state index contributed by atoms with van der Waals surface area (Å²) in [6.07, 6.45) is 0.878. The summed E-state index contributed by atoms with van der Waals surface area (Å²) in [7, 11) is 4.83. The van der Waals surface area contributed by atoms with Crippen LogP contribution in [0.3, 0.4) is 0 Å². The number of thiophene rings is 1. The van der Waals surface area contributed by atoms with Crippen molar-refractivity contribution >= 4 is 23.2 Å². The van der Waals surface area contributed by atoms with Crippen LogP contribution in [0, 0.1) is 6.92 Å². The minimum Gasteiger partial charge on any atom is -0.497 e. The summed E-state index contributed by atoms with van der Waals surface area (Å²) in [4.78, 5) is 32.7. The topological polar surface area (TPSA) is 68.3 Å². The Kier molecular flexibility index (Phi) is 10.6. The summed E-state index contributed by atoms with van der Waals surface area (Å²) >= 11 is 1.68. The van der Waals surface area contributed by atoms with Crippen molar-refractivity contribution in [1.82, 2.24) is 9.80 Å². The van der Waals surface area contributed by atoms with Crippen molar-refractivity contribution in [2.45, 2.75) is 46.2 Å². The quantitative estimate of drug-likeness (QED) is 0.302. The number of carbonyl (C=O) groups is 2. The van der Waals surface area contributed by atoms with Gasteiger partial charge in [0.2, 0.25) is 11.8 Å². The predicted octanol–water partition coefficient (Wildman–Crippen LogP) is 5.13. The summed E-state index contributed by atoms with van der Waals surface area (Å²) < 4.78 is 16.0. The van der Waals surface area contributed by atoms with E-state index in [-0.39, 0.29) is 30.8 Å². The van der Waals surface area contributed by atoms with E-state index in [2.05, 4.69) is 19.1 Å². The van der Waals surface area contributed by atoms with Crippen LogP contribution in [0.1, 0.15) is 34.7 Å². The molecule has 0 atom stereocenters. The van der Waals surface area contributed by atoms with Gasteiger partial charge in [-0.1, -0.05) is 18.2 Å². The maximum Gasteiger partial charge on any atom is 0.242 e. The Morgan fingerprint density at radius 1 is 0.842 bits per heavy atom. The molecule has 38 heavy (non-hydrogen) atoms. The van der Waals surface area contributed by atoms with Gasteiger partial charge in [0.25, 0.3) is 0 Å². The van der Waals surface area contributed by atoms with E-state index >= 15 is 0 Å². The Balaban J connectivity index is 1.74. The first kappa shape index (κ1) is 29.0. The standard InChI is InChI=1S/C30H38N2O5S/c1-21(2)32(29(33)18-23-8-11-25(35-4)12-9-23)20-30(34)31(19-26-13-7-22(3)38-26)16-15-24-10-14-27(36-5)28(17-24)37-6/h7-14,17,21H,15-16,18-20H2,1-6H3. The molecule has 1 aromatic heterocycles. The summed E-state index contributed by atoms with van der Waals surface area (Å²) in [6.45, 7) is 6.99. The number of rotatable bonds is 13. The second kappa shape index (κ2) is 13.9. The fourth-order valence-electron chi connectivity index (χ4n) is 4.17. The van der Waals surface area contributed by atoms with Crippen molar-refractivity contribution in [3.63, 3.8) is 0 Å². The Hall–Kier alpha value is -3.52. The van der Waals surface area contributed by atoms with Crippen molar-refractivity contribution < 1.29 is 23.8 Å². The zero-order chi connectivity index (χ0) is 27.7. The molecule has 0 bridgehead atoms. The van der Waals surface area contributed by atoms with Crippen LogP contribution in [0.5, 0.6) is 17.2 Å². The number of hydrogen-bond donors (Lipinski definition) is 0. The number of benzene rings is 2. The first-order valence-electron chi connectivity index (χ1n) is 12.7. The number of aryl methyl sites for hydroxylation is 1. The molecule has 0 N–H and O–H groups in total. The molecule has 0 saturated carbocycles. The molecule has 0 unspecified atom stereocenters. The lowest BCUT2D eigenvalue weighted by Gasteiger charge is -2.30. The number of hydrogen-bond acceptors (Lipinski definition) is 6. The fraction of sp³-hybridized carbons (Fsp3) is 0.400. The first-order chi connectivity index (χ1) is 18.2. The van der Waals surface area contributed by atoms with E-state index in [0.717, 1.165) is 21.8 Å². The van der Waals surface area contributed by atoms with E-state index in [1.807, 2.05) is 61.2 Å². The average Bonchev–Trinajstić information content (AvgIpc) is 3.33. The minimum atomic E-state index is -0.110. The van der Waals surface area contributed by atoms with Crippen LogP contribution < -0.4 is 14.2 Å². The second-order valence-electron chi connectivity index (χ2n) is 9.41. The zero-order valence-electron chi connectivity index (χ0n) is 23.2. The Morgan fingerprint density at radius 3 is 2.11 bits per heavy atom. The van der Waals surface area contributed by atoms with E-state index in [4.69, 9.17) is 14.2 Å². The van der Waals surface area contributed by atoms with Gasteiger partial charge in [0, 0.05) is 22.3 Å². The molecule has 0 spiro atoms. The molecule has 0 aliphatic rings. The third kappa shape index (κ3) is 7.99. The number of amides is 2. The fourth-order valence-corrected chi connectivity index (χ4v) is 5.08. The first-order valence-corrected chi connectivity index (χ1v) is 13.5. The predicted molar refractivity (Wildman–Crippen MR) is 151 cm³/mol. The number of methoxy groups -OCH3 is 3. The monoisotopic (exact) mass is 538 g/mol. The van der Waals surface area contributed by atoms with Gasteiger partial charge in [0.15, 0.2) is 11.5 Å².